The molecule has 0 radical (unpaired) electrons. The highest BCUT2D eigenvalue weighted by atomic mass is 32.2. The maximum absolute atomic E-state index is 11.9. The fourth-order valence-electron chi connectivity index (χ4n) is 1.22. The predicted molar refractivity (Wildman–Crippen MR) is 69.4 cm³/mol. The molecule has 0 heterocycles. The zero-order valence-electron chi connectivity index (χ0n) is 10.3. The fourth-order valence-corrected chi connectivity index (χ4v) is 2.43. The van der Waals surface area contributed by atoms with Crippen molar-refractivity contribution in [2.75, 3.05) is 6.61 Å². The number of nitrogens with two attached hydrogens (primary N) is 1. The Hall–Kier alpha value is -1.88. The molecule has 0 aromatic heterocycles. The van der Waals surface area contributed by atoms with Gasteiger partial charge >= 0.3 is 0 Å². The second-order valence-corrected chi connectivity index (χ2v) is 5.44. The van der Waals surface area contributed by atoms with Gasteiger partial charge in [-0.3, -0.25) is 4.79 Å². The van der Waals surface area contributed by atoms with Crippen LogP contribution < -0.4 is 10.5 Å². The molecule has 1 aromatic rings. The number of aliphatic hydroxyl groups is 1. The van der Waals surface area contributed by atoms with E-state index in [1.54, 1.807) is 0 Å². The third-order valence-corrected chi connectivity index (χ3v) is 3.79. The zero-order chi connectivity index (χ0) is 14.5. The Balaban J connectivity index is 2.94. The van der Waals surface area contributed by atoms with Gasteiger partial charge in [-0.05, 0) is 31.2 Å². The van der Waals surface area contributed by atoms with Crippen LogP contribution in [0.1, 0.15) is 12.5 Å². The number of carbonyl (C=O) groups excluding carboxylic acids is 1. The van der Waals surface area contributed by atoms with Crippen LogP contribution in [0, 0.1) is 11.8 Å². The van der Waals surface area contributed by atoms with Gasteiger partial charge < -0.3 is 10.8 Å². The first-order valence-electron chi connectivity index (χ1n) is 5.38. The van der Waals surface area contributed by atoms with Crippen LogP contribution >= 0.6 is 0 Å². The van der Waals surface area contributed by atoms with E-state index in [9.17, 15) is 13.2 Å². The van der Waals surface area contributed by atoms with Crippen molar-refractivity contribution in [1.29, 1.82) is 0 Å². The van der Waals surface area contributed by atoms with Crippen LogP contribution in [0.4, 0.5) is 0 Å². The molecule has 0 fully saturated rings. The Labute approximate surface area is 111 Å². The van der Waals surface area contributed by atoms with Crippen LogP contribution in [0.15, 0.2) is 29.2 Å². The molecule has 6 nitrogen and oxygen atoms in total. The van der Waals surface area contributed by atoms with Gasteiger partial charge in [-0.2, -0.15) is 4.72 Å². The zero-order valence-corrected chi connectivity index (χ0v) is 11.1. The van der Waals surface area contributed by atoms with Gasteiger partial charge in [-0.15, -0.1) is 0 Å². The Kier molecular flexibility index (Phi) is 5.06. The molecule has 0 saturated heterocycles. The van der Waals surface area contributed by atoms with Crippen molar-refractivity contribution in [1.82, 2.24) is 4.72 Å². The van der Waals surface area contributed by atoms with Crippen LogP contribution in [-0.4, -0.2) is 32.1 Å². The molecule has 19 heavy (non-hydrogen) atoms. The normalized spacial score (nSPS) is 12.3. The summed E-state index contributed by atoms with van der Waals surface area (Å²) in [4.78, 5) is 10.8. The van der Waals surface area contributed by atoms with E-state index in [2.05, 4.69) is 16.6 Å². The lowest BCUT2D eigenvalue weighted by Gasteiger charge is -2.10. The highest BCUT2D eigenvalue weighted by molar-refractivity contribution is 7.89. The maximum atomic E-state index is 11.9. The Morgan fingerprint density at radius 1 is 1.42 bits per heavy atom. The van der Waals surface area contributed by atoms with E-state index < -0.39 is 22.0 Å². The third kappa shape index (κ3) is 4.37. The van der Waals surface area contributed by atoms with Crippen molar-refractivity contribution >= 4 is 15.9 Å². The molecule has 0 spiro atoms. The van der Waals surface area contributed by atoms with Crippen LogP contribution in [0.2, 0.25) is 0 Å². The van der Waals surface area contributed by atoms with Gasteiger partial charge in [0.15, 0.2) is 0 Å². The molecule has 1 unspecified atom stereocenters. The van der Waals surface area contributed by atoms with Crippen molar-refractivity contribution < 1.29 is 18.3 Å². The molecule has 0 saturated carbocycles. The van der Waals surface area contributed by atoms with Crippen molar-refractivity contribution in [3.63, 3.8) is 0 Å². The summed E-state index contributed by atoms with van der Waals surface area (Å²) in [7, 11) is -3.79. The SMILES string of the molecule is CC(NS(=O)(=O)c1ccc(C#CCO)cc1)C(N)=O. The first kappa shape index (κ1) is 15.2. The van der Waals surface area contributed by atoms with Crippen LogP contribution in [-0.2, 0) is 14.8 Å². The van der Waals surface area contributed by atoms with Gasteiger partial charge in [0.1, 0.15) is 6.61 Å². The largest absolute Gasteiger partial charge is 0.384 e. The Bertz CT molecular complexity index is 611. The summed E-state index contributed by atoms with van der Waals surface area (Å²) >= 11 is 0. The molecular weight excluding hydrogens is 268 g/mol. The first-order chi connectivity index (χ1) is 8.86. The number of nitrogens with one attached hydrogen (secondary N) is 1. The summed E-state index contributed by atoms with van der Waals surface area (Å²) < 4.78 is 25.9. The minimum absolute atomic E-state index is 0.00940. The topological polar surface area (TPSA) is 109 Å². The number of rotatable bonds is 4. The highest BCUT2D eigenvalue weighted by Crippen LogP contribution is 2.10. The molecule has 102 valence electrons. The molecule has 1 amide bonds. The minimum atomic E-state index is -3.79. The van der Waals surface area contributed by atoms with E-state index in [4.69, 9.17) is 10.8 Å². The van der Waals surface area contributed by atoms with Crippen molar-refractivity contribution in [3.8, 4) is 11.8 Å². The fraction of sp³-hybridized carbons (Fsp3) is 0.250. The summed E-state index contributed by atoms with van der Waals surface area (Å²) in [6.45, 7) is 1.10. The molecule has 0 aliphatic heterocycles. The summed E-state index contributed by atoms with van der Waals surface area (Å²) in [5.74, 6) is 4.34. The van der Waals surface area contributed by atoms with Gasteiger partial charge in [-0.1, -0.05) is 11.8 Å². The lowest BCUT2D eigenvalue weighted by Crippen LogP contribution is -2.42. The first-order valence-corrected chi connectivity index (χ1v) is 6.86. The average Bonchev–Trinajstić information content (AvgIpc) is 2.36. The van der Waals surface area contributed by atoms with Crippen molar-refractivity contribution in [2.45, 2.75) is 17.9 Å². The van der Waals surface area contributed by atoms with Crippen LogP contribution in [0.3, 0.4) is 0 Å². The molecule has 1 aromatic carbocycles. The number of sulfonamides is 1. The van der Waals surface area contributed by atoms with E-state index in [1.807, 2.05) is 0 Å². The summed E-state index contributed by atoms with van der Waals surface area (Å²) in [5.41, 5.74) is 5.57. The number of carbonyl (C=O) groups is 1. The average molecular weight is 282 g/mol. The van der Waals surface area contributed by atoms with Crippen molar-refractivity contribution in [2.24, 2.45) is 5.73 Å². The Morgan fingerprint density at radius 3 is 2.47 bits per heavy atom. The van der Waals surface area contributed by atoms with Gasteiger partial charge in [0.25, 0.3) is 0 Å². The lowest BCUT2D eigenvalue weighted by atomic mass is 10.2. The van der Waals surface area contributed by atoms with E-state index in [0.717, 1.165) is 0 Å². The molecule has 0 aliphatic rings. The van der Waals surface area contributed by atoms with E-state index in [1.165, 1.54) is 31.2 Å². The number of hydrogen-bond acceptors (Lipinski definition) is 4. The number of aliphatic hydroxyl groups excluding tert-OH is 1. The quantitative estimate of drug-likeness (QED) is 0.627. The third-order valence-electron chi connectivity index (χ3n) is 2.24. The maximum Gasteiger partial charge on any atom is 0.241 e. The van der Waals surface area contributed by atoms with E-state index in [-0.39, 0.29) is 11.5 Å². The second kappa shape index (κ2) is 6.33. The molecule has 1 rings (SSSR count). The standard InChI is InChI=1S/C12H14N2O4S/c1-9(12(13)16)14-19(17,18)11-6-4-10(5-7-11)3-2-8-15/h4-7,9,14-15H,8H2,1H3,(H2,13,16). The number of benzene rings is 1. The van der Waals surface area contributed by atoms with Gasteiger partial charge in [0.05, 0.1) is 10.9 Å². The molecule has 0 aliphatic carbocycles. The smallest absolute Gasteiger partial charge is 0.241 e. The lowest BCUT2D eigenvalue weighted by molar-refractivity contribution is -0.119. The number of primary amides is 1. The van der Waals surface area contributed by atoms with Crippen molar-refractivity contribution in [3.05, 3.63) is 29.8 Å². The second-order valence-electron chi connectivity index (χ2n) is 3.73. The van der Waals surface area contributed by atoms with Gasteiger partial charge in [0.2, 0.25) is 15.9 Å². The molecule has 0 bridgehead atoms. The monoisotopic (exact) mass is 282 g/mol. The highest BCUT2D eigenvalue weighted by Gasteiger charge is 2.19. The van der Waals surface area contributed by atoms with E-state index in [0.29, 0.717) is 5.56 Å². The number of hydrogen-bond donors (Lipinski definition) is 3. The summed E-state index contributed by atoms with van der Waals surface area (Å²) in [6, 6.07) is 4.74. The summed E-state index contributed by atoms with van der Waals surface area (Å²) in [5, 5.41) is 8.54. The molecule has 7 heteroatoms. The minimum Gasteiger partial charge on any atom is -0.384 e. The molecular formula is C12H14N2O4S. The van der Waals surface area contributed by atoms with Crippen LogP contribution in [0.25, 0.3) is 0 Å². The van der Waals surface area contributed by atoms with E-state index >= 15 is 0 Å². The van der Waals surface area contributed by atoms with Gasteiger partial charge in [0, 0.05) is 5.56 Å². The Morgan fingerprint density at radius 2 is 2.00 bits per heavy atom. The molecule has 1 atom stereocenters. The summed E-state index contributed by atoms with van der Waals surface area (Å²) in [6.07, 6.45) is 0. The van der Waals surface area contributed by atoms with Crippen LogP contribution in [0.5, 0.6) is 0 Å². The predicted octanol–water partition coefficient (Wildman–Crippen LogP) is -0.818. The molecule has 4 N–H and O–H groups in total. The number of amides is 1. The van der Waals surface area contributed by atoms with Gasteiger partial charge in [-0.25, -0.2) is 8.42 Å².